The molecule has 2 aliphatic rings. The molecule has 1 unspecified atom stereocenters. The molecule has 110 valence electrons. The summed E-state index contributed by atoms with van der Waals surface area (Å²) in [5, 5.41) is 7.74. The summed E-state index contributed by atoms with van der Waals surface area (Å²) in [6, 6.07) is 0. The molecule has 0 bridgehead atoms. The van der Waals surface area contributed by atoms with E-state index in [-0.39, 0.29) is 0 Å². The van der Waals surface area contributed by atoms with Crippen molar-refractivity contribution >= 4 is 17.7 Å². The van der Waals surface area contributed by atoms with Crippen LogP contribution >= 0.6 is 11.8 Å². The summed E-state index contributed by atoms with van der Waals surface area (Å²) in [4.78, 5) is 6.74. The summed E-state index contributed by atoms with van der Waals surface area (Å²) in [6.45, 7) is 4.58. The Balaban J connectivity index is 1.62. The van der Waals surface area contributed by atoms with Gasteiger partial charge in [0.1, 0.15) is 0 Å². The molecule has 0 radical (unpaired) electrons. The Morgan fingerprint density at radius 3 is 2.58 bits per heavy atom. The molecule has 0 spiro atoms. The maximum absolute atomic E-state index is 4.32. The van der Waals surface area contributed by atoms with Gasteiger partial charge in [-0.2, -0.15) is 11.8 Å². The van der Waals surface area contributed by atoms with Crippen LogP contribution in [-0.4, -0.2) is 62.1 Å². The average Bonchev–Trinajstić information content (AvgIpc) is 2.94. The lowest BCUT2D eigenvalue weighted by molar-refractivity contribution is 0.220. The highest BCUT2D eigenvalue weighted by molar-refractivity contribution is 8.00. The first kappa shape index (κ1) is 15.0. The van der Waals surface area contributed by atoms with E-state index in [1.54, 1.807) is 0 Å². The molecule has 2 rings (SSSR count). The van der Waals surface area contributed by atoms with E-state index >= 15 is 0 Å². The zero-order valence-electron chi connectivity index (χ0n) is 12.3. The molecule has 2 N–H and O–H groups in total. The third-order valence-corrected chi connectivity index (χ3v) is 5.54. The van der Waals surface area contributed by atoms with Crippen molar-refractivity contribution in [3.63, 3.8) is 0 Å². The molecule has 5 heteroatoms. The number of hydrogen-bond donors (Lipinski definition) is 2. The van der Waals surface area contributed by atoms with E-state index in [1.807, 2.05) is 7.05 Å². The molecule has 2 fully saturated rings. The number of hydrogen-bond acceptors (Lipinski definition) is 3. The van der Waals surface area contributed by atoms with Crippen molar-refractivity contribution in [1.29, 1.82) is 0 Å². The Hall–Kier alpha value is -0.420. The van der Waals surface area contributed by atoms with Gasteiger partial charge in [-0.1, -0.05) is 0 Å². The van der Waals surface area contributed by atoms with Crippen molar-refractivity contribution in [3.05, 3.63) is 0 Å². The highest BCUT2D eigenvalue weighted by Gasteiger charge is 2.18. The van der Waals surface area contributed by atoms with Crippen LogP contribution in [0.2, 0.25) is 0 Å². The SMILES string of the molecule is CN=C(NCC1CCN(C)CC1)NCC1CCCS1. The third-order valence-electron chi connectivity index (χ3n) is 4.14. The number of thioether (sulfide) groups is 1. The van der Waals surface area contributed by atoms with E-state index in [0.29, 0.717) is 0 Å². The van der Waals surface area contributed by atoms with Crippen LogP contribution in [0.15, 0.2) is 4.99 Å². The fourth-order valence-electron chi connectivity index (χ4n) is 2.74. The third kappa shape index (κ3) is 5.22. The van der Waals surface area contributed by atoms with Crippen LogP contribution in [0.1, 0.15) is 25.7 Å². The lowest BCUT2D eigenvalue weighted by atomic mass is 9.97. The number of nitrogens with one attached hydrogen (secondary N) is 2. The van der Waals surface area contributed by atoms with Gasteiger partial charge in [-0.25, -0.2) is 0 Å². The van der Waals surface area contributed by atoms with E-state index in [9.17, 15) is 0 Å². The molecule has 1 atom stereocenters. The fourth-order valence-corrected chi connectivity index (χ4v) is 3.94. The van der Waals surface area contributed by atoms with Crippen LogP contribution in [0.5, 0.6) is 0 Å². The second kappa shape index (κ2) is 8.00. The topological polar surface area (TPSA) is 39.7 Å². The Bertz CT molecular complexity index is 281. The van der Waals surface area contributed by atoms with Crippen LogP contribution in [0.4, 0.5) is 0 Å². The van der Waals surface area contributed by atoms with E-state index < -0.39 is 0 Å². The van der Waals surface area contributed by atoms with Gasteiger partial charge in [-0.05, 0) is 57.5 Å². The van der Waals surface area contributed by atoms with Gasteiger partial charge in [0.05, 0.1) is 0 Å². The molecule has 0 aliphatic carbocycles. The van der Waals surface area contributed by atoms with Crippen LogP contribution < -0.4 is 10.6 Å². The highest BCUT2D eigenvalue weighted by Crippen LogP contribution is 2.25. The molecule has 2 aliphatic heterocycles. The first-order valence-electron chi connectivity index (χ1n) is 7.52. The van der Waals surface area contributed by atoms with Gasteiger partial charge in [0.25, 0.3) is 0 Å². The van der Waals surface area contributed by atoms with Crippen molar-refractivity contribution in [2.75, 3.05) is 46.0 Å². The Labute approximate surface area is 121 Å². The number of nitrogens with zero attached hydrogens (tertiary/aromatic N) is 2. The standard InChI is InChI=1S/C14H28N4S/c1-15-14(17-11-13-4-3-9-19-13)16-10-12-5-7-18(2)8-6-12/h12-13H,3-11H2,1-2H3,(H2,15,16,17). The molecule has 0 aromatic carbocycles. The van der Waals surface area contributed by atoms with Gasteiger partial charge in [-0.15, -0.1) is 0 Å². The van der Waals surface area contributed by atoms with Crippen LogP contribution in [0, 0.1) is 5.92 Å². The van der Waals surface area contributed by atoms with Crippen molar-refractivity contribution in [2.45, 2.75) is 30.9 Å². The van der Waals surface area contributed by atoms with E-state index in [1.165, 1.54) is 44.5 Å². The molecule has 0 aromatic rings. The number of rotatable bonds is 4. The maximum atomic E-state index is 4.32. The lowest BCUT2D eigenvalue weighted by Crippen LogP contribution is -2.43. The summed E-state index contributed by atoms with van der Waals surface area (Å²) in [6.07, 6.45) is 5.33. The quantitative estimate of drug-likeness (QED) is 0.604. The molecule has 0 aromatic heterocycles. The predicted octanol–water partition coefficient (Wildman–Crippen LogP) is 1.39. The van der Waals surface area contributed by atoms with E-state index in [0.717, 1.165) is 30.2 Å². The average molecular weight is 284 g/mol. The van der Waals surface area contributed by atoms with Crippen molar-refractivity contribution in [3.8, 4) is 0 Å². The normalized spacial score (nSPS) is 26.6. The second-order valence-electron chi connectivity index (χ2n) is 5.72. The van der Waals surface area contributed by atoms with Gasteiger partial charge in [0.2, 0.25) is 0 Å². The number of guanidine groups is 1. The molecule has 2 heterocycles. The summed E-state index contributed by atoms with van der Waals surface area (Å²) in [5.74, 6) is 3.11. The van der Waals surface area contributed by atoms with Gasteiger partial charge in [-0.3, -0.25) is 4.99 Å². The first-order valence-corrected chi connectivity index (χ1v) is 8.57. The second-order valence-corrected chi connectivity index (χ2v) is 7.12. The number of aliphatic imine (C=N–C) groups is 1. The minimum atomic E-state index is 0.780. The Morgan fingerprint density at radius 2 is 1.95 bits per heavy atom. The smallest absolute Gasteiger partial charge is 0.191 e. The van der Waals surface area contributed by atoms with E-state index in [2.05, 4.69) is 39.3 Å². The summed E-state index contributed by atoms with van der Waals surface area (Å²) in [7, 11) is 4.08. The summed E-state index contributed by atoms with van der Waals surface area (Å²) in [5.41, 5.74) is 0. The fraction of sp³-hybridized carbons (Fsp3) is 0.929. The van der Waals surface area contributed by atoms with Crippen LogP contribution in [-0.2, 0) is 0 Å². The molecule has 19 heavy (non-hydrogen) atoms. The van der Waals surface area contributed by atoms with Crippen molar-refractivity contribution in [2.24, 2.45) is 10.9 Å². The molecule has 0 amide bonds. The van der Waals surface area contributed by atoms with Crippen molar-refractivity contribution in [1.82, 2.24) is 15.5 Å². The lowest BCUT2D eigenvalue weighted by Gasteiger charge is -2.29. The molecule has 4 nitrogen and oxygen atoms in total. The van der Waals surface area contributed by atoms with Gasteiger partial charge in [0, 0.05) is 25.4 Å². The Kier molecular flexibility index (Phi) is 6.31. The predicted molar refractivity (Wildman–Crippen MR) is 85.1 cm³/mol. The molecular weight excluding hydrogens is 256 g/mol. The molecule has 2 saturated heterocycles. The monoisotopic (exact) mass is 284 g/mol. The van der Waals surface area contributed by atoms with Gasteiger partial charge >= 0.3 is 0 Å². The van der Waals surface area contributed by atoms with Crippen molar-refractivity contribution < 1.29 is 0 Å². The van der Waals surface area contributed by atoms with Crippen LogP contribution in [0.3, 0.4) is 0 Å². The Morgan fingerprint density at radius 1 is 1.21 bits per heavy atom. The molecule has 0 saturated carbocycles. The number of likely N-dealkylation sites (tertiary alicyclic amines) is 1. The molecular formula is C14H28N4S. The maximum Gasteiger partial charge on any atom is 0.191 e. The van der Waals surface area contributed by atoms with Gasteiger partial charge in [0.15, 0.2) is 5.96 Å². The first-order chi connectivity index (χ1) is 9.28. The number of piperidine rings is 1. The minimum absolute atomic E-state index is 0.780. The highest BCUT2D eigenvalue weighted by atomic mass is 32.2. The van der Waals surface area contributed by atoms with Gasteiger partial charge < -0.3 is 15.5 Å². The zero-order valence-corrected chi connectivity index (χ0v) is 13.1. The summed E-state index contributed by atoms with van der Waals surface area (Å²) < 4.78 is 0. The minimum Gasteiger partial charge on any atom is -0.356 e. The van der Waals surface area contributed by atoms with E-state index in [4.69, 9.17) is 0 Å². The largest absolute Gasteiger partial charge is 0.356 e. The van der Waals surface area contributed by atoms with Crippen LogP contribution in [0.25, 0.3) is 0 Å². The zero-order chi connectivity index (χ0) is 13.5. The summed E-state index contributed by atoms with van der Waals surface area (Å²) >= 11 is 2.09.